The standard InChI is InChI=1S/C16H21NO5S/c1-11(10-23(20)13-7-5-4-6-8-13)15-14(9-21-12(2)18)17(3)16(19)22-15/h4-8,11,14-15H,9-10H2,1-3H3/t11-,14-,15-,23?/m1/s1. The molecule has 2 rings (SSSR count). The third-order valence-corrected chi connectivity index (χ3v) is 5.47. The monoisotopic (exact) mass is 339 g/mol. The molecular formula is C16H21NO5S. The van der Waals surface area contributed by atoms with Crippen molar-refractivity contribution in [2.75, 3.05) is 19.4 Å². The van der Waals surface area contributed by atoms with Gasteiger partial charge < -0.3 is 14.4 Å². The minimum absolute atomic E-state index is 0.0740. The Balaban J connectivity index is 2.04. The Morgan fingerprint density at radius 3 is 2.65 bits per heavy atom. The molecule has 1 heterocycles. The van der Waals surface area contributed by atoms with Crippen molar-refractivity contribution in [2.45, 2.75) is 30.9 Å². The van der Waals surface area contributed by atoms with Crippen LogP contribution in [0.2, 0.25) is 0 Å². The molecule has 1 unspecified atom stereocenters. The molecule has 1 aliphatic heterocycles. The van der Waals surface area contributed by atoms with Crippen molar-refractivity contribution >= 4 is 22.9 Å². The zero-order valence-electron chi connectivity index (χ0n) is 13.4. The molecule has 23 heavy (non-hydrogen) atoms. The second-order valence-electron chi connectivity index (χ2n) is 5.63. The minimum atomic E-state index is -1.18. The van der Waals surface area contributed by atoms with Crippen LogP contribution >= 0.6 is 0 Å². The van der Waals surface area contributed by atoms with E-state index in [4.69, 9.17) is 9.47 Å². The number of rotatable bonds is 6. The first-order valence-corrected chi connectivity index (χ1v) is 8.72. The number of cyclic esters (lactones) is 1. The molecule has 1 saturated heterocycles. The van der Waals surface area contributed by atoms with Crippen molar-refractivity contribution in [1.82, 2.24) is 4.90 Å². The average Bonchev–Trinajstić information content (AvgIpc) is 2.81. The van der Waals surface area contributed by atoms with E-state index < -0.39 is 29.0 Å². The van der Waals surface area contributed by atoms with E-state index >= 15 is 0 Å². The Morgan fingerprint density at radius 2 is 2.04 bits per heavy atom. The number of carbonyl (C=O) groups excluding carboxylic acids is 2. The molecule has 1 aromatic rings. The summed E-state index contributed by atoms with van der Waals surface area (Å²) < 4.78 is 22.8. The molecule has 1 amide bonds. The van der Waals surface area contributed by atoms with Crippen molar-refractivity contribution in [3.8, 4) is 0 Å². The first kappa shape index (κ1) is 17.5. The molecule has 1 aromatic carbocycles. The lowest BCUT2D eigenvalue weighted by atomic mass is 10.00. The van der Waals surface area contributed by atoms with Crippen LogP contribution in [0.4, 0.5) is 4.79 Å². The fourth-order valence-corrected chi connectivity index (χ4v) is 3.86. The molecule has 6 nitrogen and oxygen atoms in total. The molecule has 0 bridgehead atoms. The van der Waals surface area contributed by atoms with E-state index in [1.54, 1.807) is 7.05 Å². The normalized spacial score (nSPS) is 23.3. The molecule has 4 atom stereocenters. The van der Waals surface area contributed by atoms with Crippen LogP contribution in [0.5, 0.6) is 0 Å². The van der Waals surface area contributed by atoms with E-state index in [0.29, 0.717) is 5.75 Å². The topological polar surface area (TPSA) is 72.9 Å². The summed E-state index contributed by atoms with van der Waals surface area (Å²) in [6.07, 6.45) is -0.913. The number of carbonyl (C=O) groups is 2. The zero-order valence-corrected chi connectivity index (χ0v) is 14.2. The molecule has 0 spiro atoms. The Bertz CT molecular complexity index is 591. The van der Waals surface area contributed by atoms with Gasteiger partial charge in [0.05, 0.1) is 10.8 Å². The number of amides is 1. The highest BCUT2D eigenvalue weighted by molar-refractivity contribution is 7.85. The summed E-state index contributed by atoms with van der Waals surface area (Å²) in [7, 11) is 0.431. The number of benzene rings is 1. The SMILES string of the molecule is CC(=O)OC[C@@H]1[C@@H]([C@H](C)CS(=O)c2ccccc2)OC(=O)N1C. The Morgan fingerprint density at radius 1 is 1.39 bits per heavy atom. The summed E-state index contributed by atoms with van der Waals surface area (Å²) >= 11 is 0. The van der Waals surface area contributed by atoms with E-state index in [0.717, 1.165) is 4.90 Å². The summed E-state index contributed by atoms with van der Waals surface area (Å²) in [6.45, 7) is 3.28. The van der Waals surface area contributed by atoms with Crippen LogP contribution in [-0.2, 0) is 25.1 Å². The predicted octanol–water partition coefficient (Wildman–Crippen LogP) is 1.81. The minimum Gasteiger partial charge on any atom is -0.464 e. The third kappa shape index (κ3) is 4.31. The molecule has 0 N–H and O–H groups in total. The van der Waals surface area contributed by atoms with Crippen molar-refractivity contribution < 1.29 is 23.3 Å². The van der Waals surface area contributed by atoms with Gasteiger partial charge in [0.1, 0.15) is 18.8 Å². The quantitative estimate of drug-likeness (QED) is 0.739. The Labute approximate surface area is 138 Å². The predicted molar refractivity (Wildman–Crippen MR) is 85.3 cm³/mol. The molecule has 1 fully saturated rings. The summed E-state index contributed by atoms with van der Waals surface area (Å²) in [5.41, 5.74) is 0. The number of hydrogen-bond donors (Lipinski definition) is 0. The molecule has 0 radical (unpaired) electrons. The number of nitrogens with zero attached hydrogens (tertiary/aromatic N) is 1. The number of ether oxygens (including phenoxy) is 2. The number of hydrogen-bond acceptors (Lipinski definition) is 5. The second kappa shape index (κ2) is 7.59. The molecule has 0 aliphatic carbocycles. The highest BCUT2D eigenvalue weighted by Gasteiger charge is 2.43. The van der Waals surface area contributed by atoms with Gasteiger partial charge in [0.15, 0.2) is 0 Å². The number of esters is 1. The maximum absolute atomic E-state index is 12.4. The lowest BCUT2D eigenvalue weighted by Gasteiger charge is -2.25. The van der Waals surface area contributed by atoms with Crippen LogP contribution in [0.25, 0.3) is 0 Å². The summed E-state index contributed by atoms with van der Waals surface area (Å²) in [5, 5.41) is 0. The maximum Gasteiger partial charge on any atom is 0.410 e. The van der Waals surface area contributed by atoms with Gasteiger partial charge in [-0.15, -0.1) is 0 Å². The van der Waals surface area contributed by atoms with E-state index in [2.05, 4.69) is 0 Å². The van der Waals surface area contributed by atoms with Crippen LogP contribution in [-0.4, -0.2) is 52.7 Å². The van der Waals surface area contributed by atoms with Gasteiger partial charge in [-0.1, -0.05) is 25.1 Å². The first-order valence-electron chi connectivity index (χ1n) is 7.40. The van der Waals surface area contributed by atoms with Crippen LogP contribution in [0, 0.1) is 5.92 Å². The summed E-state index contributed by atoms with van der Waals surface area (Å²) in [5.74, 6) is -0.172. The smallest absolute Gasteiger partial charge is 0.410 e. The van der Waals surface area contributed by atoms with Gasteiger partial charge >= 0.3 is 12.1 Å². The Hall–Kier alpha value is -1.89. The van der Waals surface area contributed by atoms with E-state index in [1.165, 1.54) is 11.8 Å². The van der Waals surface area contributed by atoms with Gasteiger partial charge in [-0.25, -0.2) is 4.79 Å². The van der Waals surface area contributed by atoms with Crippen LogP contribution in [0.3, 0.4) is 0 Å². The molecule has 7 heteroatoms. The van der Waals surface area contributed by atoms with Gasteiger partial charge in [-0.2, -0.15) is 0 Å². The highest BCUT2D eigenvalue weighted by atomic mass is 32.2. The Kier molecular flexibility index (Phi) is 5.76. The van der Waals surface area contributed by atoms with Crippen LogP contribution < -0.4 is 0 Å². The zero-order chi connectivity index (χ0) is 17.0. The highest BCUT2D eigenvalue weighted by Crippen LogP contribution is 2.26. The molecular weight excluding hydrogens is 318 g/mol. The maximum atomic E-state index is 12.4. The van der Waals surface area contributed by atoms with Crippen molar-refractivity contribution in [2.24, 2.45) is 5.92 Å². The largest absolute Gasteiger partial charge is 0.464 e. The van der Waals surface area contributed by atoms with Crippen molar-refractivity contribution in [1.29, 1.82) is 0 Å². The average molecular weight is 339 g/mol. The van der Waals surface area contributed by atoms with E-state index in [-0.39, 0.29) is 18.6 Å². The third-order valence-electron chi connectivity index (χ3n) is 3.84. The van der Waals surface area contributed by atoms with Gasteiger partial charge in [-0.3, -0.25) is 9.00 Å². The molecule has 0 aromatic heterocycles. The number of likely N-dealkylation sites (N-methyl/N-ethyl adjacent to an activating group) is 1. The summed E-state index contributed by atoms with van der Waals surface area (Å²) in [6, 6.07) is 8.80. The van der Waals surface area contributed by atoms with Gasteiger partial charge in [0.2, 0.25) is 0 Å². The molecule has 0 saturated carbocycles. The second-order valence-corrected chi connectivity index (χ2v) is 7.13. The van der Waals surface area contributed by atoms with Gasteiger partial charge in [0, 0.05) is 30.5 Å². The summed E-state index contributed by atoms with van der Waals surface area (Å²) in [4.78, 5) is 25.0. The molecule has 126 valence electrons. The fraction of sp³-hybridized carbons (Fsp3) is 0.500. The first-order chi connectivity index (χ1) is 10.9. The van der Waals surface area contributed by atoms with Crippen molar-refractivity contribution in [3.63, 3.8) is 0 Å². The van der Waals surface area contributed by atoms with Crippen molar-refractivity contribution in [3.05, 3.63) is 30.3 Å². The van der Waals surface area contributed by atoms with Crippen LogP contribution in [0.1, 0.15) is 13.8 Å². The molecule has 1 aliphatic rings. The fourth-order valence-electron chi connectivity index (χ4n) is 2.54. The van der Waals surface area contributed by atoms with E-state index in [1.807, 2.05) is 37.3 Å². The lowest BCUT2D eigenvalue weighted by Crippen LogP contribution is -2.42. The van der Waals surface area contributed by atoms with E-state index in [9.17, 15) is 13.8 Å². The van der Waals surface area contributed by atoms with Gasteiger partial charge in [0.25, 0.3) is 0 Å². The van der Waals surface area contributed by atoms with Crippen LogP contribution in [0.15, 0.2) is 35.2 Å². The lowest BCUT2D eigenvalue weighted by molar-refractivity contribution is -0.142. The van der Waals surface area contributed by atoms with Gasteiger partial charge in [-0.05, 0) is 12.1 Å².